The maximum atomic E-state index is 6.09. The molecule has 0 atom stereocenters. The molecule has 0 unspecified atom stereocenters. The van der Waals surface area contributed by atoms with Gasteiger partial charge in [0.2, 0.25) is 0 Å². The number of ether oxygens (including phenoxy) is 1. The van der Waals surface area contributed by atoms with Crippen LogP contribution in [0.4, 0.5) is 11.4 Å². The number of halogens is 1. The molecule has 0 radical (unpaired) electrons. The topological polar surface area (TPSA) is 33.3 Å². The van der Waals surface area contributed by atoms with Crippen molar-refractivity contribution >= 4 is 40.3 Å². The van der Waals surface area contributed by atoms with Crippen LogP contribution in [-0.2, 0) is 0 Å². The SMILES string of the molecule is COc1ccc(Cl)c(NC(=S)Nc2ccccc2)c1. The summed E-state index contributed by atoms with van der Waals surface area (Å²) < 4.78 is 5.15. The first-order chi connectivity index (χ1) is 9.19. The lowest BCUT2D eigenvalue weighted by Gasteiger charge is -2.12. The van der Waals surface area contributed by atoms with Gasteiger partial charge >= 0.3 is 0 Å². The minimum Gasteiger partial charge on any atom is -0.497 e. The van der Waals surface area contributed by atoms with Crippen molar-refractivity contribution < 1.29 is 4.74 Å². The third-order valence-corrected chi connectivity index (χ3v) is 2.99. The Morgan fingerprint density at radius 3 is 2.53 bits per heavy atom. The lowest BCUT2D eigenvalue weighted by Crippen LogP contribution is -2.19. The quantitative estimate of drug-likeness (QED) is 0.832. The summed E-state index contributed by atoms with van der Waals surface area (Å²) in [5, 5.41) is 7.17. The van der Waals surface area contributed by atoms with Crippen molar-refractivity contribution in [3.63, 3.8) is 0 Å². The minimum absolute atomic E-state index is 0.473. The molecule has 2 rings (SSSR count). The fraction of sp³-hybridized carbons (Fsp3) is 0.0714. The molecule has 5 heteroatoms. The molecular weight excluding hydrogens is 280 g/mol. The van der Waals surface area contributed by atoms with Gasteiger partial charge < -0.3 is 15.4 Å². The van der Waals surface area contributed by atoms with Gasteiger partial charge in [0.1, 0.15) is 5.75 Å². The van der Waals surface area contributed by atoms with E-state index in [1.165, 1.54) is 0 Å². The Morgan fingerprint density at radius 1 is 1.11 bits per heavy atom. The predicted octanol–water partition coefficient (Wildman–Crippen LogP) is 4.16. The second-order valence-electron chi connectivity index (χ2n) is 3.79. The van der Waals surface area contributed by atoms with Crippen LogP contribution in [0.2, 0.25) is 5.02 Å². The van der Waals surface area contributed by atoms with Crippen LogP contribution in [0.1, 0.15) is 0 Å². The van der Waals surface area contributed by atoms with E-state index in [1.807, 2.05) is 30.3 Å². The van der Waals surface area contributed by atoms with Gasteiger partial charge in [-0.2, -0.15) is 0 Å². The summed E-state index contributed by atoms with van der Waals surface area (Å²) in [5.41, 5.74) is 1.62. The van der Waals surface area contributed by atoms with Crippen molar-refractivity contribution in [1.82, 2.24) is 0 Å². The molecule has 2 N–H and O–H groups in total. The van der Waals surface area contributed by atoms with E-state index in [1.54, 1.807) is 25.3 Å². The number of rotatable bonds is 3. The Bertz CT molecular complexity index is 575. The molecule has 0 spiro atoms. The molecule has 0 aliphatic heterocycles. The standard InChI is InChI=1S/C14H13ClN2OS/c1-18-11-7-8-12(15)13(9-11)17-14(19)16-10-5-3-2-4-6-10/h2-9H,1H3,(H2,16,17,19). The van der Waals surface area contributed by atoms with E-state index in [4.69, 9.17) is 28.6 Å². The summed E-state index contributed by atoms with van der Waals surface area (Å²) in [5.74, 6) is 0.717. The first-order valence-corrected chi connectivity index (χ1v) is 6.44. The number of nitrogens with one attached hydrogen (secondary N) is 2. The van der Waals surface area contributed by atoms with Crippen molar-refractivity contribution in [2.24, 2.45) is 0 Å². The molecule has 0 amide bonds. The Kier molecular flexibility index (Phi) is 4.60. The first-order valence-electron chi connectivity index (χ1n) is 5.65. The van der Waals surface area contributed by atoms with Crippen LogP contribution in [-0.4, -0.2) is 12.2 Å². The lowest BCUT2D eigenvalue weighted by molar-refractivity contribution is 0.415. The number of anilines is 2. The Morgan fingerprint density at radius 2 is 1.84 bits per heavy atom. The predicted molar refractivity (Wildman–Crippen MR) is 84.3 cm³/mol. The molecule has 0 bridgehead atoms. The Balaban J connectivity index is 2.06. The molecule has 19 heavy (non-hydrogen) atoms. The van der Waals surface area contributed by atoms with E-state index < -0.39 is 0 Å². The highest BCUT2D eigenvalue weighted by atomic mass is 35.5. The van der Waals surface area contributed by atoms with Crippen LogP contribution >= 0.6 is 23.8 Å². The van der Waals surface area contributed by atoms with Crippen LogP contribution in [0.3, 0.4) is 0 Å². The highest BCUT2D eigenvalue weighted by molar-refractivity contribution is 7.80. The van der Waals surface area contributed by atoms with E-state index >= 15 is 0 Å². The van der Waals surface area contributed by atoms with Gasteiger partial charge in [0, 0.05) is 11.8 Å². The largest absolute Gasteiger partial charge is 0.497 e. The first kappa shape index (κ1) is 13.6. The molecule has 0 heterocycles. The highest BCUT2D eigenvalue weighted by Crippen LogP contribution is 2.26. The second kappa shape index (κ2) is 6.41. The van der Waals surface area contributed by atoms with Gasteiger partial charge in [0.15, 0.2) is 5.11 Å². The molecular formula is C14H13ClN2OS. The number of hydrogen-bond donors (Lipinski definition) is 2. The summed E-state index contributed by atoms with van der Waals surface area (Å²) in [6, 6.07) is 15.0. The van der Waals surface area contributed by atoms with Crippen LogP contribution in [0.15, 0.2) is 48.5 Å². The van der Waals surface area contributed by atoms with E-state index in [9.17, 15) is 0 Å². The van der Waals surface area contributed by atoms with E-state index in [0.29, 0.717) is 15.8 Å². The summed E-state index contributed by atoms with van der Waals surface area (Å²) >= 11 is 11.3. The Hall–Kier alpha value is -1.78. The smallest absolute Gasteiger partial charge is 0.175 e. The zero-order valence-corrected chi connectivity index (χ0v) is 11.9. The van der Waals surface area contributed by atoms with Crippen molar-refractivity contribution in [3.8, 4) is 5.75 Å². The van der Waals surface area contributed by atoms with Gasteiger partial charge in [-0.1, -0.05) is 29.8 Å². The Labute approximate surface area is 122 Å². The van der Waals surface area contributed by atoms with Gasteiger partial charge in [-0.05, 0) is 36.5 Å². The van der Waals surface area contributed by atoms with Crippen molar-refractivity contribution in [2.45, 2.75) is 0 Å². The average molecular weight is 293 g/mol. The molecule has 3 nitrogen and oxygen atoms in total. The zero-order valence-electron chi connectivity index (χ0n) is 10.3. The molecule has 2 aromatic carbocycles. The summed E-state index contributed by atoms with van der Waals surface area (Å²) in [6.07, 6.45) is 0. The fourth-order valence-electron chi connectivity index (χ4n) is 1.53. The van der Waals surface area contributed by atoms with Crippen molar-refractivity contribution in [3.05, 3.63) is 53.6 Å². The van der Waals surface area contributed by atoms with Crippen LogP contribution in [0.25, 0.3) is 0 Å². The maximum absolute atomic E-state index is 6.09. The number of benzene rings is 2. The molecule has 0 saturated heterocycles. The van der Waals surface area contributed by atoms with Crippen molar-refractivity contribution in [1.29, 1.82) is 0 Å². The molecule has 0 fully saturated rings. The average Bonchev–Trinajstić information content (AvgIpc) is 2.42. The molecule has 0 aliphatic carbocycles. The third-order valence-electron chi connectivity index (χ3n) is 2.45. The van der Waals surface area contributed by atoms with E-state index in [-0.39, 0.29) is 0 Å². The van der Waals surface area contributed by atoms with Gasteiger partial charge in [0.25, 0.3) is 0 Å². The van der Waals surface area contributed by atoms with Gasteiger partial charge in [-0.25, -0.2) is 0 Å². The second-order valence-corrected chi connectivity index (χ2v) is 4.61. The maximum Gasteiger partial charge on any atom is 0.175 e. The van der Waals surface area contributed by atoms with Gasteiger partial charge in [0.05, 0.1) is 17.8 Å². The molecule has 0 aromatic heterocycles. The molecule has 98 valence electrons. The molecule has 2 aromatic rings. The summed E-state index contributed by atoms with van der Waals surface area (Å²) in [7, 11) is 1.60. The molecule has 0 saturated carbocycles. The van der Waals surface area contributed by atoms with Crippen LogP contribution in [0, 0.1) is 0 Å². The fourth-order valence-corrected chi connectivity index (χ4v) is 1.93. The van der Waals surface area contributed by atoms with Crippen molar-refractivity contribution in [2.75, 3.05) is 17.7 Å². The minimum atomic E-state index is 0.473. The van der Waals surface area contributed by atoms with Crippen LogP contribution < -0.4 is 15.4 Å². The van der Waals surface area contributed by atoms with E-state index in [2.05, 4.69) is 10.6 Å². The normalized spacial score (nSPS) is 9.79. The summed E-state index contributed by atoms with van der Waals surface area (Å²) in [4.78, 5) is 0. The summed E-state index contributed by atoms with van der Waals surface area (Å²) in [6.45, 7) is 0. The third kappa shape index (κ3) is 3.84. The highest BCUT2D eigenvalue weighted by Gasteiger charge is 2.04. The monoisotopic (exact) mass is 292 g/mol. The number of thiocarbonyl (C=S) groups is 1. The zero-order chi connectivity index (χ0) is 13.7. The number of hydrogen-bond acceptors (Lipinski definition) is 2. The lowest BCUT2D eigenvalue weighted by atomic mass is 10.3. The van der Waals surface area contributed by atoms with Crippen LogP contribution in [0.5, 0.6) is 5.75 Å². The number of para-hydroxylation sites is 1. The van der Waals surface area contributed by atoms with E-state index in [0.717, 1.165) is 11.4 Å². The van der Waals surface area contributed by atoms with Gasteiger partial charge in [-0.3, -0.25) is 0 Å². The molecule has 0 aliphatic rings. The van der Waals surface area contributed by atoms with Gasteiger partial charge in [-0.15, -0.1) is 0 Å². The number of methoxy groups -OCH3 is 1.